The van der Waals surface area contributed by atoms with E-state index in [1.54, 1.807) is 6.92 Å². The van der Waals surface area contributed by atoms with Gasteiger partial charge < -0.3 is 15.8 Å². The van der Waals surface area contributed by atoms with Gasteiger partial charge in [-0.05, 0) is 30.9 Å². The average molecular weight is 264 g/mol. The second-order valence-corrected chi connectivity index (χ2v) is 5.10. The summed E-state index contributed by atoms with van der Waals surface area (Å²) in [4.78, 5) is 11.7. The molecule has 0 heterocycles. The number of rotatable bonds is 7. The summed E-state index contributed by atoms with van der Waals surface area (Å²) in [7, 11) is 0. The van der Waals surface area contributed by atoms with E-state index in [-0.39, 0.29) is 5.91 Å². The number of amides is 1. The highest BCUT2D eigenvalue weighted by molar-refractivity contribution is 5.80. The average Bonchev–Trinajstić information content (AvgIpc) is 2.38. The van der Waals surface area contributed by atoms with Crippen molar-refractivity contribution in [3.05, 3.63) is 29.8 Å². The Morgan fingerprint density at radius 2 is 2.00 bits per heavy atom. The number of nitrogens with one attached hydrogen (secondary N) is 1. The van der Waals surface area contributed by atoms with Crippen molar-refractivity contribution < 1.29 is 9.53 Å². The molecule has 0 radical (unpaired) electrons. The molecule has 0 aliphatic heterocycles. The summed E-state index contributed by atoms with van der Waals surface area (Å²) in [5, 5.41) is 2.85. The Bertz CT molecular complexity index is 405. The highest BCUT2D eigenvalue weighted by atomic mass is 16.5. The van der Waals surface area contributed by atoms with E-state index in [2.05, 4.69) is 19.2 Å². The lowest BCUT2D eigenvalue weighted by Crippen LogP contribution is -2.36. The zero-order chi connectivity index (χ0) is 14.3. The number of nitrogen functional groups attached to an aromatic ring is 1. The van der Waals surface area contributed by atoms with E-state index in [9.17, 15) is 4.79 Å². The number of carbonyl (C=O) groups excluding carboxylic acids is 1. The van der Waals surface area contributed by atoms with Gasteiger partial charge in [0.2, 0.25) is 5.91 Å². The van der Waals surface area contributed by atoms with Crippen LogP contribution in [0.1, 0.15) is 26.3 Å². The third-order valence-electron chi connectivity index (χ3n) is 2.85. The molecule has 0 spiro atoms. The van der Waals surface area contributed by atoms with Crippen LogP contribution in [0, 0.1) is 5.92 Å². The first-order valence-electron chi connectivity index (χ1n) is 6.73. The predicted molar refractivity (Wildman–Crippen MR) is 77.8 cm³/mol. The quantitative estimate of drug-likeness (QED) is 0.740. The van der Waals surface area contributed by atoms with E-state index in [4.69, 9.17) is 10.5 Å². The number of para-hydroxylation sites is 1. The second kappa shape index (κ2) is 7.79. The summed E-state index contributed by atoms with van der Waals surface area (Å²) in [6, 6.07) is 7.70. The molecule has 1 amide bonds. The highest BCUT2D eigenvalue weighted by Crippen LogP contribution is 2.11. The Labute approximate surface area is 115 Å². The van der Waals surface area contributed by atoms with Crippen molar-refractivity contribution >= 4 is 11.6 Å². The predicted octanol–water partition coefficient (Wildman–Crippen LogP) is 1.99. The lowest BCUT2D eigenvalue weighted by molar-refractivity contribution is -0.131. The number of ether oxygens (including phenoxy) is 1. The third kappa shape index (κ3) is 5.75. The molecule has 0 bridgehead atoms. The summed E-state index contributed by atoms with van der Waals surface area (Å²) < 4.78 is 5.53. The maximum absolute atomic E-state index is 11.7. The Kier molecular flexibility index (Phi) is 6.36. The molecular formula is C15H24N2O2. The molecule has 1 rings (SSSR count). The van der Waals surface area contributed by atoms with Gasteiger partial charge in [-0.25, -0.2) is 0 Å². The molecule has 0 fully saturated rings. The van der Waals surface area contributed by atoms with Crippen LogP contribution in [0.2, 0.25) is 0 Å². The van der Waals surface area contributed by atoms with Crippen LogP contribution < -0.4 is 11.1 Å². The van der Waals surface area contributed by atoms with Crippen LogP contribution in [0.15, 0.2) is 24.3 Å². The van der Waals surface area contributed by atoms with Gasteiger partial charge in [-0.3, -0.25) is 4.79 Å². The summed E-state index contributed by atoms with van der Waals surface area (Å²) >= 11 is 0. The van der Waals surface area contributed by atoms with Crippen LogP contribution in [0.25, 0.3) is 0 Å². The molecule has 1 atom stereocenters. The van der Waals surface area contributed by atoms with Crippen LogP contribution in [0.4, 0.5) is 5.69 Å². The molecule has 3 N–H and O–H groups in total. The molecule has 0 saturated heterocycles. The van der Waals surface area contributed by atoms with Gasteiger partial charge >= 0.3 is 0 Å². The number of benzene rings is 1. The van der Waals surface area contributed by atoms with Gasteiger partial charge in [0.15, 0.2) is 0 Å². The van der Waals surface area contributed by atoms with Gasteiger partial charge in [-0.1, -0.05) is 32.0 Å². The molecule has 106 valence electrons. The van der Waals surface area contributed by atoms with E-state index in [1.165, 1.54) is 0 Å². The first-order valence-corrected chi connectivity index (χ1v) is 6.73. The third-order valence-corrected chi connectivity index (χ3v) is 2.85. The normalized spacial score (nSPS) is 12.4. The van der Waals surface area contributed by atoms with Crippen LogP contribution in [0.3, 0.4) is 0 Å². The molecule has 0 aliphatic carbocycles. The summed E-state index contributed by atoms with van der Waals surface area (Å²) in [5.74, 6) is 0.384. The number of anilines is 1. The molecule has 4 nitrogen and oxygen atoms in total. The fourth-order valence-corrected chi connectivity index (χ4v) is 1.63. The number of hydrogen-bond acceptors (Lipinski definition) is 3. The summed E-state index contributed by atoms with van der Waals surface area (Å²) in [6.45, 7) is 7.06. The number of hydrogen-bond donors (Lipinski definition) is 2. The molecule has 1 unspecified atom stereocenters. The minimum atomic E-state index is -0.427. The first-order chi connectivity index (χ1) is 9.00. The number of nitrogens with two attached hydrogens (primary N) is 1. The van der Waals surface area contributed by atoms with Crippen molar-refractivity contribution in [2.45, 2.75) is 33.3 Å². The Hall–Kier alpha value is -1.55. The van der Waals surface area contributed by atoms with Gasteiger partial charge in [0.25, 0.3) is 0 Å². The van der Waals surface area contributed by atoms with Crippen LogP contribution >= 0.6 is 0 Å². The minimum absolute atomic E-state index is 0.0604. The maximum atomic E-state index is 11.7. The van der Waals surface area contributed by atoms with E-state index in [0.29, 0.717) is 25.5 Å². The zero-order valence-corrected chi connectivity index (χ0v) is 12.0. The van der Waals surface area contributed by atoms with Crippen molar-refractivity contribution in [1.82, 2.24) is 5.32 Å². The van der Waals surface area contributed by atoms with Crippen molar-refractivity contribution in [2.24, 2.45) is 5.92 Å². The van der Waals surface area contributed by atoms with Crippen molar-refractivity contribution in [3.63, 3.8) is 0 Å². The van der Waals surface area contributed by atoms with Gasteiger partial charge in [-0.2, -0.15) is 0 Å². The standard InChI is InChI=1S/C15H24N2O2/c1-11(2)10-17-15(18)12(3)19-9-8-13-6-4-5-7-14(13)16/h4-7,11-12H,8-10,16H2,1-3H3,(H,17,18). The minimum Gasteiger partial charge on any atom is -0.399 e. The molecule has 1 aromatic carbocycles. The molecular weight excluding hydrogens is 240 g/mol. The van der Waals surface area contributed by atoms with Gasteiger partial charge in [0.05, 0.1) is 6.61 Å². The zero-order valence-electron chi connectivity index (χ0n) is 12.0. The van der Waals surface area contributed by atoms with E-state index in [0.717, 1.165) is 11.3 Å². The van der Waals surface area contributed by atoms with E-state index >= 15 is 0 Å². The Morgan fingerprint density at radius 1 is 1.32 bits per heavy atom. The summed E-state index contributed by atoms with van der Waals surface area (Å²) in [5.41, 5.74) is 7.66. The van der Waals surface area contributed by atoms with E-state index < -0.39 is 6.10 Å². The topological polar surface area (TPSA) is 64.3 Å². The smallest absolute Gasteiger partial charge is 0.248 e. The largest absolute Gasteiger partial charge is 0.399 e. The Balaban J connectivity index is 2.29. The molecule has 0 aromatic heterocycles. The lowest BCUT2D eigenvalue weighted by atomic mass is 10.1. The van der Waals surface area contributed by atoms with Gasteiger partial charge in [-0.15, -0.1) is 0 Å². The molecule has 1 aromatic rings. The fraction of sp³-hybridized carbons (Fsp3) is 0.533. The van der Waals surface area contributed by atoms with Crippen LogP contribution in [0.5, 0.6) is 0 Å². The molecule has 0 saturated carbocycles. The van der Waals surface area contributed by atoms with E-state index in [1.807, 2.05) is 24.3 Å². The number of carbonyl (C=O) groups is 1. The summed E-state index contributed by atoms with van der Waals surface area (Å²) in [6.07, 6.45) is 0.290. The van der Waals surface area contributed by atoms with Crippen molar-refractivity contribution in [3.8, 4) is 0 Å². The van der Waals surface area contributed by atoms with Crippen LogP contribution in [-0.2, 0) is 16.0 Å². The fourth-order valence-electron chi connectivity index (χ4n) is 1.63. The molecule has 4 heteroatoms. The lowest BCUT2D eigenvalue weighted by Gasteiger charge is -2.14. The van der Waals surface area contributed by atoms with Gasteiger partial charge in [0.1, 0.15) is 6.10 Å². The highest BCUT2D eigenvalue weighted by Gasteiger charge is 2.13. The van der Waals surface area contributed by atoms with Crippen molar-refractivity contribution in [1.29, 1.82) is 0 Å². The first kappa shape index (κ1) is 15.5. The van der Waals surface area contributed by atoms with Gasteiger partial charge in [0, 0.05) is 12.2 Å². The van der Waals surface area contributed by atoms with Crippen LogP contribution in [-0.4, -0.2) is 25.2 Å². The monoisotopic (exact) mass is 264 g/mol. The maximum Gasteiger partial charge on any atom is 0.248 e. The molecule has 0 aliphatic rings. The molecule has 19 heavy (non-hydrogen) atoms. The van der Waals surface area contributed by atoms with Crippen molar-refractivity contribution in [2.75, 3.05) is 18.9 Å². The second-order valence-electron chi connectivity index (χ2n) is 5.10. The Morgan fingerprint density at radius 3 is 2.63 bits per heavy atom. The SMILES string of the molecule is CC(C)CNC(=O)C(C)OCCc1ccccc1N.